The van der Waals surface area contributed by atoms with Gasteiger partial charge in [0.05, 0.1) is 6.20 Å². The van der Waals surface area contributed by atoms with Crippen LogP contribution >= 0.6 is 0 Å². The fourth-order valence-corrected chi connectivity index (χ4v) is 3.08. The van der Waals surface area contributed by atoms with E-state index in [-0.39, 0.29) is 5.91 Å². The third-order valence-electron chi connectivity index (χ3n) is 4.33. The van der Waals surface area contributed by atoms with Gasteiger partial charge in [-0.1, -0.05) is 17.3 Å². The Balaban J connectivity index is 1.55. The number of nitrogens with zero attached hydrogens (tertiary/aromatic N) is 4. The maximum Gasteiger partial charge on any atom is 0.259 e. The Hall–Kier alpha value is -3.02. The molecule has 4 heterocycles. The van der Waals surface area contributed by atoms with E-state index < -0.39 is 0 Å². The summed E-state index contributed by atoms with van der Waals surface area (Å²) in [4.78, 5) is 23.1. The number of hydrogen-bond donors (Lipinski definition) is 0. The van der Waals surface area contributed by atoms with Crippen molar-refractivity contribution in [3.8, 4) is 11.5 Å². The first-order valence-electron chi connectivity index (χ1n) is 7.88. The van der Waals surface area contributed by atoms with Crippen molar-refractivity contribution in [1.82, 2.24) is 20.0 Å². The van der Waals surface area contributed by atoms with Gasteiger partial charge in [0.1, 0.15) is 11.3 Å². The second-order valence-electron chi connectivity index (χ2n) is 5.81. The lowest BCUT2D eigenvalue weighted by atomic mass is 10.0. The predicted molar refractivity (Wildman–Crippen MR) is 87.2 cm³/mol. The molecule has 1 aliphatic rings. The number of rotatable bonds is 3. The molecule has 0 N–H and O–H groups in total. The van der Waals surface area contributed by atoms with Crippen LogP contribution in [0.15, 0.2) is 59.6 Å². The minimum atomic E-state index is -0.0664. The summed E-state index contributed by atoms with van der Waals surface area (Å²) in [5, 5.41) is 3.80. The molecule has 6 nitrogen and oxygen atoms in total. The van der Waals surface area contributed by atoms with E-state index in [0.717, 1.165) is 6.42 Å². The highest BCUT2D eigenvalue weighted by molar-refractivity contribution is 5.99. The quantitative estimate of drug-likeness (QED) is 0.742. The van der Waals surface area contributed by atoms with Gasteiger partial charge in [0.25, 0.3) is 5.91 Å². The maximum absolute atomic E-state index is 12.9. The van der Waals surface area contributed by atoms with Crippen LogP contribution in [-0.4, -0.2) is 39.0 Å². The molecule has 1 atom stereocenters. The molecule has 0 spiro atoms. The smallest absolute Gasteiger partial charge is 0.259 e. The lowest BCUT2D eigenvalue weighted by Crippen LogP contribution is -2.28. The van der Waals surface area contributed by atoms with E-state index in [0.29, 0.717) is 36.0 Å². The fourth-order valence-electron chi connectivity index (χ4n) is 3.08. The summed E-state index contributed by atoms with van der Waals surface area (Å²) in [6.45, 7) is 1.39. The number of amides is 1. The van der Waals surface area contributed by atoms with Crippen molar-refractivity contribution in [2.45, 2.75) is 12.3 Å². The van der Waals surface area contributed by atoms with Gasteiger partial charge >= 0.3 is 0 Å². The number of likely N-dealkylation sites (tertiary alicyclic amines) is 1. The first-order valence-corrected chi connectivity index (χ1v) is 7.88. The minimum Gasteiger partial charge on any atom is -0.354 e. The van der Waals surface area contributed by atoms with Crippen molar-refractivity contribution < 1.29 is 9.32 Å². The molecule has 3 aromatic rings. The zero-order valence-corrected chi connectivity index (χ0v) is 13.0. The Morgan fingerprint density at radius 3 is 2.92 bits per heavy atom. The van der Waals surface area contributed by atoms with Gasteiger partial charge in [0.2, 0.25) is 0 Å². The van der Waals surface area contributed by atoms with Crippen molar-refractivity contribution in [2.75, 3.05) is 13.1 Å². The first-order chi connectivity index (χ1) is 11.8. The third kappa shape index (κ3) is 2.67. The van der Waals surface area contributed by atoms with Gasteiger partial charge in [-0.3, -0.25) is 14.8 Å². The predicted octanol–water partition coefficient (Wildman–Crippen LogP) is 2.76. The first kappa shape index (κ1) is 14.6. The maximum atomic E-state index is 12.9. The highest BCUT2D eigenvalue weighted by Gasteiger charge is 2.31. The van der Waals surface area contributed by atoms with Crippen LogP contribution < -0.4 is 0 Å². The Morgan fingerprint density at radius 2 is 2.12 bits per heavy atom. The molecule has 3 aromatic heterocycles. The summed E-state index contributed by atoms with van der Waals surface area (Å²) in [6.07, 6.45) is 7.71. The van der Waals surface area contributed by atoms with Gasteiger partial charge in [-0.15, -0.1) is 0 Å². The summed E-state index contributed by atoms with van der Waals surface area (Å²) in [7, 11) is 0. The minimum absolute atomic E-state index is 0.0664. The Bertz CT molecular complexity index is 832. The Morgan fingerprint density at radius 1 is 1.17 bits per heavy atom. The van der Waals surface area contributed by atoms with E-state index in [1.165, 1.54) is 11.8 Å². The van der Waals surface area contributed by atoms with Crippen molar-refractivity contribution in [2.24, 2.45) is 0 Å². The van der Waals surface area contributed by atoms with E-state index in [9.17, 15) is 4.79 Å². The largest absolute Gasteiger partial charge is 0.354 e. The molecule has 0 aromatic carbocycles. The molecule has 1 fully saturated rings. The van der Waals surface area contributed by atoms with Gasteiger partial charge in [0.15, 0.2) is 5.76 Å². The van der Waals surface area contributed by atoms with Crippen LogP contribution in [0, 0.1) is 0 Å². The monoisotopic (exact) mass is 320 g/mol. The third-order valence-corrected chi connectivity index (χ3v) is 4.33. The Labute approximate surface area is 139 Å². The Kier molecular flexibility index (Phi) is 3.78. The number of carbonyl (C=O) groups is 1. The van der Waals surface area contributed by atoms with Crippen LogP contribution in [-0.2, 0) is 0 Å². The van der Waals surface area contributed by atoms with Gasteiger partial charge in [-0.25, -0.2) is 0 Å². The average molecular weight is 320 g/mol. The lowest BCUT2D eigenvalue weighted by molar-refractivity contribution is 0.0791. The van der Waals surface area contributed by atoms with E-state index in [1.807, 2.05) is 29.3 Å². The van der Waals surface area contributed by atoms with Crippen LogP contribution in [0.4, 0.5) is 0 Å². The number of carbonyl (C=O) groups excluding carboxylic acids is 1. The van der Waals surface area contributed by atoms with Crippen molar-refractivity contribution in [1.29, 1.82) is 0 Å². The van der Waals surface area contributed by atoms with Gasteiger partial charge in [0, 0.05) is 37.6 Å². The van der Waals surface area contributed by atoms with Gasteiger partial charge < -0.3 is 9.42 Å². The molecular weight excluding hydrogens is 304 g/mol. The molecule has 0 aliphatic carbocycles. The van der Waals surface area contributed by atoms with E-state index in [2.05, 4.69) is 21.2 Å². The lowest BCUT2D eigenvalue weighted by Gasteiger charge is -2.16. The zero-order valence-electron chi connectivity index (χ0n) is 13.0. The summed E-state index contributed by atoms with van der Waals surface area (Å²) >= 11 is 0. The number of hydrogen-bond acceptors (Lipinski definition) is 5. The van der Waals surface area contributed by atoms with Crippen LogP contribution in [0.3, 0.4) is 0 Å². The summed E-state index contributed by atoms with van der Waals surface area (Å²) in [5.74, 6) is 0.675. The number of aromatic nitrogens is 3. The zero-order chi connectivity index (χ0) is 16.4. The van der Waals surface area contributed by atoms with Crippen LogP contribution in [0.25, 0.3) is 11.5 Å². The molecule has 0 saturated carbocycles. The van der Waals surface area contributed by atoms with Crippen LogP contribution in [0.2, 0.25) is 0 Å². The van der Waals surface area contributed by atoms with E-state index in [1.54, 1.807) is 18.5 Å². The van der Waals surface area contributed by atoms with Crippen LogP contribution in [0.5, 0.6) is 0 Å². The molecule has 1 aliphatic heterocycles. The second-order valence-corrected chi connectivity index (χ2v) is 5.81. The fraction of sp³-hybridized carbons (Fsp3) is 0.222. The molecule has 0 radical (unpaired) electrons. The summed E-state index contributed by atoms with van der Waals surface area (Å²) in [6, 6.07) is 9.47. The highest BCUT2D eigenvalue weighted by atomic mass is 16.5. The molecule has 6 heteroatoms. The van der Waals surface area contributed by atoms with Gasteiger partial charge in [-0.05, 0) is 30.2 Å². The van der Waals surface area contributed by atoms with Gasteiger partial charge in [-0.2, -0.15) is 0 Å². The normalized spacial score (nSPS) is 17.2. The van der Waals surface area contributed by atoms with Crippen molar-refractivity contribution in [3.63, 3.8) is 0 Å². The molecule has 1 amide bonds. The SMILES string of the molecule is O=C(c1cnoc1-c1ccccn1)N1CCC(c2cccnc2)C1. The summed E-state index contributed by atoms with van der Waals surface area (Å²) < 4.78 is 5.27. The summed E-state index contributed by atoms with van der Waals surface area (Å²) in [5.41, 5.74) is 2.24. The van der Waals surface area contributed by atoms with Crippen molar-refractivity contribution >= 4 is 5.91 Å². The molecule has 1 unspecified atom stereocenters. The standard InChI is InChI=1S/C18H16N4O2/c23-18(15-11-21-24-17(15)16-5-1-2-8-20-16)22-9-6-14(12-22)13-4-3-7-19-10-13/h1-5,7-8,10-11,14H,6,9,12H2. The highest BCUT2D eigenvalue weighted by Crippen LogP contribution is 2.29. The molecule has 4 rings (SSSR count). The molecule has 24 heavy (non-hydrogen) atoms. The molecule has 120 valence electrons. The molecular formula is C18H16N4O2. The number of pyridine rings is 2. The molecule has 1 saturated heterocycles. The van der Waals surface area contributed by atoms with E-state index >= 15 is 0 Å². The topological polar surface area (TPSA) is 72.1 Å². The average Bonchev–Trinajstić information content (AvgIpc) is 3.32. The van der Waals surface area contributed by atoms with E-state index in [4.69, 9.17) is 4.52 Å². The molecule has 0 bridgehead atoms. The van der Waals surface area contributed by atoms with Crippen molar-refractivity contribution in [3.05, 3.63) is 66.2 Å². The second kappa shape index (κ2) is 6.23. The van der Waals surface area contributed by atoms with Crippen LogP contribution in [0.1, 0.15) is 28.3 Å².